The molecule has 1 aliphatic rings. The minimum absolute atomic E-state index is 0.00537. The van der Waals surface area contributed by atoms with E-state index in [0.717, 1.165) is 6.42 Å². The summed E-state index contributed by atoms with van der Waals surface area (Å²) in [6.07, 6.45) is 0.942. The molecule has 1 fully saturated rings. The Labute approximate surface area is 125 Å². The van der Waals surface area contributed by atoms with Crippen LogP contribution in [0.15, 0.2) is 24.3 Å². The topological polar surface area (TPSA) is 72.6 Å². The van der Waals surface area contributed by atoms with E-state index in [1.165, 1.54) is 5.56 Å². The summed E-state index contributed by atoms with van der Waals surface area (Å²) in [5, 5.41) is 0. The number of ketones is 1. The van der Waals surface area contributed by atoms with Crippen LogP contribution in [0.25, 0.3) is 0 Å². The van der Waals surface area contributed by atoms with Gasteiger partial charge in [-0.15, -0.1) is 0 Å². The molecule has 5 nitrogen and oxygen atoms in total. The van der Waals surface area contributed by atoms with Crippen LogP contribution in [0.3, 0.4) is 0 Å². The fourth-order valence-corrected chi connectivity index (χ4v) is 2.62. The van der Waals surface area contributed by atoms with Gasteiger partial charge in [-0.3, -0.25) is 14.5 Å². The zero-order chi connectivity index (χ0) is 15.4. The van der Waals surface area contributed by atoms with E-state index >= 15 is 0 Å². The number of morpholine rings is 1. The standard InChI is InChI=1S/C16H22N2O3/c1-3-12-4-6-13(7-5-12)15(19)11(2)18-8-9-21-10-14(18)16(17)20/h4-7,11,14H,3,8-10H2,1-2H3,(H2,17,20). The number of hydrogen-bond donors (Lipinski definition) is 1. The molecule has 5 heteroatoms. The summed E-state index contributed by atoms with van der Waals surface area (Å²) in [6, 6.07) is 6.69. The van der Waals surface area contributed by atoms with Gasteiger partial charge in [-0.2, -0.15) is 0 Å². The first-order valence-corrected chi connectivity index (χ1v) is 7.30. The number of ether oxygens (including phenoxy) is 1. The monoisotopic (exact) mass is 290 g/mol. The number of carbonyl (C=O) groups excluding carboxylic acids is 2. The molecular formula is C16H22N2O3. The average molecular weight is 290 g/mol. The van der Waals surface area contributed by atoms with E-state index in [-0.39, 0.29) is 18.4 Å². The molecule has 1 heterocycles. The molecule has 1 aromatic carbocycles. The van der Waals surface area contributed by atoms with Gasteiger partial charge in [0.1, 0.15) is 6.04 Å². The molecule has 2 atom stereocenters. The molecule has 2 unspecified atom stereocenters. The number of carbonyl (C=O) groups is 2. The predicted octanol–water partition coefficient (Wildman–Crippen LogP) is 1.01. The third kappa shape index (κ3) is 3.49. The number of nitrogens with two attached hydrogens (primary N) is 1. The van der Waals surface area contributed by atoms with E-state index in [4.69, 9.17) is 10.5 Å². The molecule has 114 valence electrons. The third-order valence-corrected chi connectivity index (χ3v) is 4.02. The second-order valence-electron chi connectivity index (χ2n) is 5.32. The van der Waals surface area contributed by atoms with Crippen LogP contribution < -0.4 is 5.73 Å². The number of amides is 1. The first-order chi connectivity index (χ1) is 10.0. The molecule has 0 aliphatic carbocycles. The molecule has 0 aromatic heterocycles. The SMILES string of the molecule is CCc1ccc(C(=O)C(C)N2CCOCC2C(N)=O)cc1. The van der Waals surface area contributed by atoms with Gasteiger partial charge in [0.05, 0.1) is 19.3 Å². The summed E-state index contributed by atoms with van der Waals surface area (Å²) in [7, 11) is 0. The van der Waals surface area contributed by atoms with Gasteiger partial charge in [0.15, 0.2) is 5.78 Å². The van der Waals surface area contributed by atoms with Crippen molar-refractivity contribution in [2.75, 3.05) is 19.8 Å². The first-order valence-electron chi connectivity index (χ1n) is 7.30. The quantitative estimate of drug-likeness (QED) is 0.821. The molecular weight excluding hydrogens is 268 g/mol. The van der Waals surface area contributed by atoms with Crippen LogP contribution in [0.2, 0.25) is 0 Å². The lowest BCUT2D eigenvalue weighted by molar-refractivity contribution is -0.130. The van der Waals surface area contributed by atoms with Crippen molar-refractivity contribution in [2.24, 2.45) is 5.73 Å². The number of primary amides is 1. The number of rotatable bonds is 5. The Morgan fingerprint density at radius 2 is 2.05 bits per heavy atom. The second kappa shape index (κ2) is 6.83. The lowest BCUT2D eigenvalue weighted by Crippen LogP contribution is -2.57. The lowest BCUT2D eigenvalue weighted by Gasteiger charge is -2.37. The number of aryl methyl sites for hydroxylation is 1. The second-order valence-corrected chi connectivity index (χ2v) is 5.32. The summed E-state index contributed by atoms with van der Waals surface area (Å²) in [5.74, 6) is -0.443. The highest BCUT2D eigenvalue weighted by atomic mass is 16.5. The van der Waals surface area contributed by atoms with Crippen LogP contribution in [-0.4, -0.2) is 48.4 Å². The maximum absolute atomic E-state index is 12.6. The zero-order valence-corrected chi connectivity index (χ0v) is 12.5. The summed E-state index contributed by atoms with van der Waals surface area (Å²) in [5.41, 5.74) is 7.26. The summed E-state index contributed by atoms with van der Waals surface area (Å²) >= 11 is 0. The van der Waals surface area contributed by atoms with Gasteiger partial charge in [0.2, 0.25) is 5.91 Å². The molecule has 1 saturated heterocycles. The molecule has 0 spiro atoms. The smallest absolute Gasteiger partial charge is 0.237 e. The van der Waals surface area contributed by atoms with Crippen molar-refractivity contribution >= 4 is 11.7 Å². The van der Waals surface area contributed by atoms with Crippen molar-refractivity contribution in [2.45, 2.75) is 32.4 Å². The van der Waals surface area contributed by atoms with E-state index in [2.05, 4.69) is 6.92 Å². The van der Waals surface area contributed by atoms with E-state index in [0.29, 0.717) is 18.7 Å². The Morgan fingerprint density at radius 1 is 1.38 bits per heavy atom. The maximum Gasteiger partial charge on any atom is 0.237 e. The van der Waals surface area contributed by atoms with Crippen LogP contribution in [0, 0.1) is 0 Å². The molecule has 0 bridgehead atoms. The zero-order valence-electron chi connectivity index (χ0n) is 12.5. The largest absolute Gasteiger partial charge is 0.378 e. The van der Waals surface area contributed by atoms with Gasteiger partial charge < -0.3 is 10.5 Å². The minimum atomic E-state index is -0.535. The maximum atomic E-state index is 12.6. The van der Waals surface area contributed by atoms with Gasteiger partial charge in [-0.25, -0.2) is 0 Å². The van der Waals surface area contributed by atoms with E-state index in [9.17, 15) is 9.59 Å². The van der Waals surface area contributed by atoms with Gasteiger partial charge in [0.25, 0.3) is 0 Å². The fraction of sp³-hybridized carbons (Fsp3) is 0.500. The summed E-state index contributed by atoms with van der Waals surface area (Å²) in [4.78, 5) is 25.9. The Morgan fingerprint density at radius 3 is 2.62 bits per heavy atom. The predicted molar refractivity (Wildman–Crippen MR) is 80.1 cm³/mol. The molecule has 0 radical (unpaired) electrons. The van der Waals surface area contributed by atoms with Gasteiger partial charge in [-0.05, 0) is 18.9 Å². The summed E-state index contributed by atoms with van der Waals surface area (Å²) in [6.45, 7) is 5.19. The van der Waals surface area contributed by atoms with Crippen molar-refractivity contribution in [1.82, 2.24) is 4.90 Å². The highest BCUT2D eigenvalue weighted by Crippen LogP contribution is 2.16. The average Bonchev–Trinajstić information content (AvgIpc) is 2.53. The molecule has 21 heavy (non-hydrogen) atoms. The molecule has 0 saturated carbocycles. The highest BCUT2D eigenvalue weighted by Gasteiger charge is 2.34. The molecule has 2 N–H and O–H groups in total. The van der Waals surface area contributed by atoms with E-state index in [1.807, 2.05) is 36.1 Å². The normalized spacial score (nSPS) is 21.0. The minimum Gasteiger partial charge on any atom is -0.378 e. The molecule has 1 aliphatic heterocycles. The Kier molecular flexibility index (Phi) is 5.09. The highest BCUT2D eigenvalue weighted by molar-refractivity contribution is 6.00. The lowest BCUT2D eigenvalue weighted by atomic mass is 10.00. The number of benzene rings is 1. The van der Waals surface area contributed by atoms with Gasteiger partial charge >= 0.3 is 0 Å². The Bertz CT molecular complexity index is 513. The van der Waals surface area contributed by atoms with Crippen molar-refractivity contribution in [1.29, 1.82) is 0 Å². The van der Waals surface area contributed by atoms with Crippen LogP contribution in [0.4, 0.5) is 0 Å². The number of hydrogen-bond acceptors (Lipinski definition) is 4. The van der Waals surface area contributed by atoms with Crippen LogP contribution in [0.1, 0.15) is 29.8 Å². The van der Waals surface area contributed by atoms with E-state index < -0.39 is 11.9 Å². The van der Waals surface area contributed by atoms with Gasteiger partial charge in [-0.1, -0.05) is 31.2 Å². The molecule has 1 amide bonds. The Hall–Kier alpha value is -1.72. The van der Waals surface area contributed by atoms with Crippen molar-refractivity contribution in [3.8, 4) is 0 Å². The number of Topliss-reactive ketones (excluding diaryl/α,β-unsaturated/α-hetero) is 1. The summed E-state index contributed by atoms with van der Waals surface area (Å²) < 4.78 is 5.29. The molecule has 2 rings (SSSR count). The van der Waals surface area contributed by atoms with Crippen LogP contribution in [0.5, 0.6) is 0 Å². The molecule has 1 aromatic rings. The fourth-order valence-electron chi connectivity index (χ4n) is 2.62. The van der Waals surface area contributed by atoms with Crippen LogP contribution >= 0.6 is 0 Å². The third-order valence-electron chi connectivity index (χ3n) is 4.02. The van der Waals surface area contributed by atoms with Gasteiger partial charge in [0, 0.05) is 12.1 Å². The number of nitrogens with zero attached hydrogens (tertiary/aromatic N) is 1. The van der Waals surface area contributed by atoms with Crippen molar-refractivity contribution < 1.29 is 14.3 Å². The Balaban J connectivity index is 2.14. The van der Waals surface area contributed by atoms with Crippen molar-refractivity contribution in [3.05, 3.63) is 35.4 Å². The van der Waals surface area contributed by atoms with Crippen molar-refractivity contribution in [3.63, 3.8) is 0 Å². The van der Waals surface area contributed by atoms with E-state index in [1.54, 1.807) is 0 Å². The van der Waals surface area contributed by atoms with Crippen LogP contribution in [-0.2, 0) is 16.0 Å². The first kappa shape index (κ1) is 15.7.